The van der Waals surface area contributed by atoms with E-state index < -0.39 is 0 Å². The Balaban J connectivity index is 2.52. The molecular formula is C9H8N2+. The molecule has 1 aromatic carbocycles. The summed E-state index contributed by atoms with van der Waals surface area (Å²) in [5.74, 6) is 0. The van der Waals surface area contributed by atoms with E-state index in [0.29, 0.717) is 0 Å². The summed E-state index contributed by atoms with van der Waals surface area (Å²) in [5.41, 5.74) is 5.16. The number of hydrogen-bond acceptors (Lipinski definition) is 2. The van der Waals surface area contributed by atoms with Gasteiger partial charge in [0.2, 0.25) is 0 Å². The first kappa shape index (κ1) is 6.16. The van der Waals surface area contributed by atoms with Crippen LogP contribution in [0.3, 0.4) is 0 Å². The predicted molar refractivity (Wildman–Crippen MR) is 47.3 cm³/mol. The summed E-state index contributed by atoms with van der Waals surface area (Å²) in [6, 6.07) is 8.05. The van der Waals surface area contributed by atoms with Crippen LogP contribution >= 0.6 is 0 Å². The molecule has 0 spiro atoms. The van der Waals surface area contributed by atoms with Crippen molar-refractivity contribution in [3.05, 3.63) is 35.9 Å². The van der Waals surface area contributed by atoms with E-state index in [1.807, 2.05) is 36.4 Å². The van der Waals surface area contributed by atoms with Crippen molar-refractivity contribution in [2.45, 2.75) is 0 Å². The Hall–Kier alpha value is -1.57. The lowest BCUT2D eigenvalue weighted by Crippen LogP contribution is -2.01. The van der Waals surface area contributed by atoms with Crippen molar-refractivity contribution in [3.63, 3.8) is 0 Å². The van der Waals surface area contributed by atoms with E-state index in [9.17, 15) is 0 Å². The zero-order valence-corrected chi connectivity index (χ0v) is 5.99. The third-order valence-corrected chi connectivity index (χ3v) is 1.58. The lowest BCUT2D eigenvalue weighted by molar-refractivity contribution is 1.22. The highest BCUT2D eigenvalue weighted by Gasteiger charge is 2.03. The molecule has 2 nitrogen and oxygen atoms in total. The quantitative estimate of drug-likeness (QED) is 0.586. The summed E-state index contributed by atoms with van der Waals surface area (Å²) in [6.07, 6.45) is 5.68. The Kier molecular flexibility index (Phi) is 1.44. The molecule has 1 aliphatic heterocycles. The molecule has 0 bridgehead atoms. The van der Waals surface area contributed by atoms with Gasteiger partial charge in [-0.25, -0.2) is 0 Å². The van der Waals surface area contributed by atoms with Gasteiger partial charge in [-0.05, 0) is 12.1 Å². The molecule has 0 aromatic heterocycles. The summed E-state index contributed by atoms with van der Waals surface area (Å²) in [4.78, 5) is 0. The molecule has 1 radical (unpaired) electrons. The van der Waals surface area contributed by atoms with Gasteiger partial charge in [0.15, 0.2) is 5.10 Å². The van der Waals surface area contributed by atoms with E-state index in [-0.39, 0.29) is 0 Å². The molecule has 0 saturated carbocycles. The highest BCUT2D eigenvalue weighted by Crippen LogP contribution is 2.15. The number of benzene rings is 1. The van der Waals surface area contributed by atoms with Crippen LogP contribution in [0.5, 0.6) is 0 Å². The van der Waals surface area contributed by atoms with Crippen LogP contribution in [-0.2, 0) is 0 Å². The molecule has 11 heavy (non-hydrogen) atoms. The van der Waals surface area contributed by atoms with Crippen LogP contribution in [0.1, 0.15) is 5.56 Å². The standard InChI is InChI=1S/C9H8N2/c1-2-6-9-8(4-1)5-3-7-10-11-9/h1-7,11H/q+1. The molecule has 0 atom stereocenters. The van der Waals surface area contributed by atoms with Crippen LogP contribution in [0.2, 0.25) is 0 Å². The fraction of sp³-hybridized carbons (Fsp3) is 0. The molecule has 0 aliphatic carbocycles. The van der Waals surface area contributed by atoms with Crippen LogP contribution in [0, 0.1) is 0 Å². The molecule has 0 saturated heterocycles. The minimum Gasteiger partial charge on any atom is -0.100 e. The largest absolute Gasteiger partial charge is 0.275 e. The second-order valence-corrected chi connectivity index (χ2v) is 2.34. The van der Waals surface area contributed by atoms with E-state index >= 15 is 0 Å². The first-order valence-corrected chi connectivity index (χ1v) is 3.51. The number of hydrazone groups is 1. The van der Waals surface area contributed by atoms with Gasteiger partial charge < -0.3 is 0 Å². The van der Waals surface area contributed by atoms with Crippen LogP contribution in [0.15, 0.2) is 30.3 Å². The first-order chi connectivity index (χ1) is 5.47. The second-order valence-electron chi connectivity index (χ2n) is 2.34. The zero-order chi connectivity index (χ0) is 7.52. The van der Waals surface area contributed by atoms with Crippen LogP contribution < -0.4 is 10.5 Å². The number of rotatable bonds is 0. The molecular weight excluding hydrogens is 136 g/mol. The van der Waals surface area contributed by atoms with Gasteiger partial charge >= 0.3 is 0 Å². The monoisotopic (exact) mass is 144 g/mol. The Bertz CT molecular complexity index is 313. The van der Waals surface area contributed by atoms with Crippen molar-refractivity contribution in [3.8, 4) is 0 Å². The average Bonchev–Trinajstić information content (AvgIpc) is 2.28. The minimum absolute atomic E-state index is 1.05. The number of allylic oxidation sites excluding steroid dienone is 1. The maximum Gasteiger partial charge on any atom is 0.275 e. The zero-order valence-electron chi connectivity index (χ0n) is 5.99. The molecule has 0 unspecified atom stereocenters. The van der Waals surface area contributed by atoms with Gasteiger partial charge in [-0.3, -0.25) is 0 Å². The summed E-state index contributed by atoms with van der Waals surface area (Å²) in [7, 11) is 0. The highest BCUT2D eigenvalue weighted by molar-refractivity contribution is 5.82. The molecule has 1 heterocycles. The molecule has 2 rings (SSSR count). The van der Waals surface area contributed by atoms with Crippen LogP contribution in [0.4, 0.5) is 5.69 Å². The van der Waals surface area contributed by atoms with Crippen LogP contribution in [0.25, 0.3) is 6.08 Å². The number of para-hydroxylation sites is 1. The summed E-state index contributed by atoms with van der Waals surface area (Å²) in [5, 5.41) is 3.95. The second kappa shape index (κ2) is 2.58. The third-order valence-electron chi connectivity index (χ3n) is 1.58. The number of anilines is 1. The SMILES string of the molecule is C1=Cc2ccccc2N[N+]=C1. The Morgan fingerprint density at radius 3 is 3.09 bits per heavy atom. The average molecular weight is 144 g/mol. The number of nitrogens with zero attached hydrogens (tertiary/aromatic N) is 1. The van der Waals surface area contributed by atoms with Gasteiger partial charge in [-0.2, -0.15) is 0 Å². The van der Waals surface area contributed by atoms with Gasteiger partial charge in [0, 0.05) is 11.6 Å². The number of nitrogens with one attached hydrogen (secondary N) is 1. The molecule has 0 amide bonds. The van der Waals surface area contributed by atoms with Gasteiger partial charge in [0.05, 0.1) is 0 Å². The van der Waals surface area contributed by atoms with E-state index in [1.54, 1.807) is 6.21 Å². The third kappa shape index (κ3) is 1.15. The van der Waals surface area contributed by atoms with Gasteiger partial charge in [0.25, 0.3) is 6.21 Å². The Morgan fingerprint density at radius 2 is 2.09 bits per heavy atom. The number of fused-ring (bicyclic) bond motifs is 1. The smallest absolute Gasteiger partial charge is 0.100 e. The van der Waals surface area contributed by atoms with Crippen molar-refractivity contribution in [1.82, 2.24) is 5.10 Å². The lowest BCUT2D eigenvalue weighted by Gasteiger charge is -1.95. The van der Waals surface area contributed by atoms with Gasteiger partial charge in [-0.15, -0.1) is 5.43 Å². The van der Waals surface area contributed by atoms with E-state index in [0.717, 1.165) is 5.69 Å². The summed E-state index contributed by atoms with van der Waals surface area (Å²) < 4.78 is 0. The van der Waals surface area contributed by atoms with Crippen molar-refractivity contribution in [1.29, 1.82) is 0 Å². The maximum absolute atomic E-state index is 3.95. The summed E-state index contributed by atoms with van der Waals surface area (Å²) >= 11 is 0. The molecule has 1 aromatic rings. The van der Waals surface area contributed by atoms with E-state index in [4.69, 9.17) is 0 Å². The molecule has 53 valence electrons. The molecule has 0 fully saturated rings. The topological polar surface area (TPSA) is 26.1 Å². The normalized spacial score (nSPS) is 13.5. The fourth-order valence-corrected chi connectivity index (χ4v) is 1.04. The lowest BCUT2D eigenvalue weighted by atomic mass is 10.2. The highest BCUT2D eigenvalue weighted by atomic mass is 15.3. The minimum atomic E-state index is 1.05. The van der Waals surface area contributed by atoms with Crippen LogP contribution in [-0.4, -0.2) is 6.21 Å². The maximum atomic E-state index is 3.95. The fourth-order valence-electron chi connectivity index (χ4n) is 1.04. The summed E-state index contributed by atoms with van der Waals surface area (Å²) in [6.45, 7) is 0. The van der Waals surface area contributed by atoms with Crippen molar-refractivity contribution >= 4 is 18.0 Å². The van der Waals surface area contributed by atoms with E-state index in [1.165, 1.54) is 5.56 Å². The first-order valence-electron chi connectivity index (χ1n) is 3.51. The van der Waals surface area contributed by atoms with Crippen molar-refractivity contribution < 1.29 is 0 Å². The van der Waals surface area contributed by atoms with Crippen molar-refractivity contribution in [2.75, 3.05) is 5.43 Å². The van der Waals surface area contributed by atoms with E-state index in [2.05, 4.69) is 10.5 Å². The Morgan fingerprint density at radius 1 is 1.18 bits per heavy atom. The molecule has 1 aliphatic rings. The van der Waals surface area contributed by atoms with Gasteiger partial charge in [-0.1, -0.05) is 18.2 Å². The molecule has 2 heteroatoms. The van der Waals surface area contributed by atoms with Crippen molar-refractivity contribution in [2.24, 2.45) is 0 Å². The molecule has 1 N–H and O–H groups in total. The number of hydrogen-bond donors (Lipinski definition) is 1. The Labute approximate surface area is 65.2 Å². The predicted octanol–water partition coefficient (Wildman–Crippen LogP) is 1.45. The van der Waals surface area contributed by atoms with Gasteiger partial charge in [0.1, 0.15) is 5.69 Å².